The standard InChI is InChI=1S/C12H19N3O4/c1-8(2)11-13-10(14-19-11)7-15-4-5-18-9(6-15)12(16)17-3/h8-9H,4-7H2,1-3H3. The minimum Gasteiger partial charge on any atom is -0.467 e. The molecular formula is C12H19N3O4. The minimum absolute atomic E-state index is 0.216. The summed E-state index contributed by atoms with van der Waals surface area (Å²) in [7, 11) is 1.36. The summed E-state index contributed by atoms with van der Waals surface area (Å²) < 4.78 is 15.2. The molecule has 0 spiro atoms. The zero-order valence-corrected chi connectivity index (χ0v) is 11.5. The van der Waals surface area contributed by atoms with E-state index in [9.17, 15) is 4.79 Å². The van der Waals surface area contributed by atoms with Crippen molar-refractivity contribution in [3.05, 3.63) is 11.7 Å². The molecule has 0 aromatic carbocycles. The molecular weight excluding hydrogens is 250 g/mol. The van der Waals surface area contributed by atoms with Crippen LogP contribution in [0.5, 0.6) is 0 Å². The second kappa shape index (κ2) is 6.12. The highest BCUT2D eigenvalue weighted by atomic mass is 16.6. The van der Waals surface area contributed by atoms with Crippen molar-refractivity contribution in [3.8, 4) is 0 Å². The van der Waals surface area contributed by atoms with Gasteiger partial charge in [-0.25, -0.2) is 4.79 Å². The first-order chi connectivity index (χ1) is 9.10. The summed E-state index contributed by atoms with van der Waals surface area (Å²) in [5.41, 5.74) is 0. The molecule has 106 valence electrons. The maximum absolute atomic E-state index is 11.4. The van der Waals surface area contributed by atoms with E-state index in [-0.39, 0.29) is 11.9 Å². The molecule has 1 aliphatic heterocycles. The molecule has 1 saturated heterocycles. The van der Waals surface area contributed by atoms with Gasteiger partial charge in [-0.3, -0.25) is 4.90 Å². The van der Waals surface area contributed by atoms with Gasteiger partial charge in [-0.05, 0) is 0 Å². The van der Waals surface area contributed by atoms with Crippen molar-refractivity contribution in [3.63, 3.8) is 0 Å². The van der Waals surface area contributed by atoms with Crippen molar-refractivity contribution in [1.82, 2.24) is 15.0 Å². The maximum atomic E-state index is 11.4. The van der Waals surface area contributed by atoms with Gasteiger partial charge in [0.2, 0.25) is 5.89 Å². The molecule has 1 fully saturated rings. The quantitative estimate of drug-likeness (QED) is 0.739. The van der Waals surface area contributed by atoms with Gasteiger partial charge in [0.1, 0.15) is 0 Å². The van der Waals surface area contributed by atoms with E-state index >= 15 is 0 Å². The van der Waals surface area contributed by atoms with Crippen LogP contribution in [0.2, 0.25) is 0 Å². The Morgan fingerprint density at radius 3 is 3.00 bits per heavy atom. The summed E-state index contributed by atoms with van der Waals surface area (Å²) >= 11 is 0. The lowest BCUT2D eigenvalue weighted by molar-refractivity contribution is -0.160. The van der Waals surface area contributed by atoms with Gasteiger partial charge in [0.25, 0.3) is 0 Å². The van der Waals surface area contributed by atoms with Crippen LogP contribution in [0.25, 0.3) is 0 Å². The normalized spacial score (nSPS) is 20.7. The van der Waals surface area contributed by atoms with Crippen LogP contribution in [-0.2, 0) is 20.8 Å². The number of aromatic nitrogens is 2. The Balaban J connectivity index is 1.92. The molecule has 1 aromatic heterocycles. The lowest BCUT2D eigenvalue weighted by atomic mass is 10.2. The van der Waals surface area contributed by atoms with E-state index in [0.29, 0.717) is 31.4 Å². The Morgan fingerprint density at radius 1 is 1.58 bits per heavy atom. The smallest absolute Gasteiger partial charge is 0.336 e. The van der Waals surface area contributed by atoms with E-state index in [2.05, 4.69) is 19.8 Å². The summed E-state index contributed by atoms with van der Waals surface area (Å²) in [6, 6.07) is 0. The van der Waals surface area contributed by atoms with E-state index in [0.717, 1.165) is 6.54 Å². The molecule has 19 heavy (non-hydrogen) atoms. The Labute approximate surface area is 111 Å². The van der Waals surface area contributed by atoms with Gasteiger partial charge in [-0.15, -0.1) is 0 Å². The predicted molar refractivity (Wildman–Crippen MR) is 65.4 cm³/mol. The molecule has 1 atom stereocenters. The van der Waals surface area contributed by atoms with Crippen molar-refractivity contribution < 1.29 is 18.8 Å². The fourth-order valence-electron chi connectivity index (χ4n) is 1.89. The van der Waals surface area contributed by atoms with Gasteiger partial charge in [-0.2, -0.15) is 4.98 Å². The molecule has 1 aliphatic rings. The van der Waals surface area contributed by atoms with Gasteiger partial charge in [0.15, 0.2) is 11.9 Å². The van der Waals surface area contributed by atoms with E-state index in [1.807, 2.05) is 13.8 Å². The summed E-state index contributed by atoms with van der Waals surface area (Å²) in [5.74, 6) is 1.14. The van der Waals surface area contributed by atoms with Crippen LogP contribution in [0.3, 0.4) is 0 Å². The van der Waals surface area contributed by atoms with Crippen LogP contribution in [-0.4, -0.2) is 53.9 Å². The number of esters is 1. The largest absolute Gasteiger partial charge is 0.467 e. The number of methoxy groups -OCH3 is 1. The van der Waals surface area contributed by atoms with Gasteiger partial charge in [0.05, 0.1) is 20.3 Å². The maximum Gasteiger partial charge on any atom is 0.336 e. The number of carbonyl (C=O) groups is 1. The van der Waals surface area contributed by atoms with Crippen LogP contribution in [0.1, 0.15) is 31.5 Å². The summed E-state index contributed by atoms with van der Waals surface area (Å²) in [4.78, 5) is 17.8. The Hall–Kier alpha value is -1.47. The third-order valence-corrected chi connectivity index (χ3v) is 2.96. The molecule has 0 saturated carbocycles. The molecule has 1 aromatic rings. The third-order valence-electron chi connectivity index (χ3n) is 2.96. The molecule has 0 aliphatic carbocycles. The summed E-state index contributed by atoms with van der Waals surface area (Å²) in [6.07, 6.45) is -0.532. The number of hydrogen-bond donors (Lipinski definition) is 0. The highest BCUT2D eigenvalue weighted by molar-refractivity contribution is 5.74. The monoisotopic (exact) mass is 269 g/mol. The number of ether oxygens (including phenoxy) is 2. The van der Waals surface area contributed by atoms with Gasteiger partial charge in [-0.1, -0.05) is 19.0 Å². The SMILES string of the molecule is COC(=O)C1CN(Cc2noc(C(C)C)n2)CCO1. The van der Waals surface area contributed by atoms with E-state index in [1.54, 1.807) is 0 Å². The fraction of sp³-hybridized carbons (Fsp3) is 0.750. The molecule has 1 unspecified atom stereocenters. The van der Waals surface area contributed by atoms with E-state index < -0.39 is 6.10 Å². The van der Waals surface area contributed by atoms with Gasteiger partial charge >= 0.3 is 5.97 Å². The van der Waals surface area contributed by atoms with Gasteiger partial charge in [0, 0.05) is 19.0 Å². The van der Waals surface area contributed by atoms with E-state index in [4.69, 9.17) is 9.26 Å². The average Bonchev–Trinajstić information content (AvgIpc) is 2.87. The molecule has 2 rings (SSSR count). The Bertz CT molecular complexity index is 432. The van der Waals surface area contributed by atoms with Crippen molar-refractivity contribution in [2.24, 2.45) is 0 Å². The number of hydrogen-bond acceptors (Lipinski definition) is 7. The van der Waals surface area contributed by atoms with Crippen molar-refractivity contribution in [1.29, 1.82) is 0 Å². The molecule has 0 bridgehead atoms. The molecule has 0 amide bonds. The number of rotatable bonds is 4. The highest BCUT2D eigenvalue weighted by Gasteiger charge is 2.28. The molecule has 2 heterocycles. The molecule has 0 radical (unpaired) electrons. The number of nitrogens with zero attached hydrogens (tertiary/aromatic N) is 3. The van der Waals surface area contributed by atoms with Crippen LogP contribution in [0, 0.1) is 0 Å². The van der Waals surface area contributed by atoms with Crippen LogP contribution < -0.4 is 0 Å². The minimum atomic E-state index is -0.532. The lowest BCUT2D eigenvalue weighted by Crippen LogP contribution is -2.46. The molecule has 7 nitrogen and oxygen atoms in total. The third kappa shape index (κ3) is 3.51. The lowest BCUT2D eigenvalue weighted by Gasteiger charge is -2.30. The number of carbonyl (C=O) groups excluding carboxylic acids is 1. The first kappa shape index (κ1) is 14.0. The fourth-order valence-corrected chi connectivity index (χ4v) is 1.89. The summed E-state index contributed by atoms with van der Waals surface area (Å²) in [6.45, 7) is 6.26. The second-order valence-electron chi connectivity index (χ2n) is 4.82. The van der Waals surface area contributed by atoms with Crippen molar-refractivity contribution >= 4 is 5.97 Å². The van der Waals surface area contributed by atoms with Crippen molar-refractivity contribution in [2.75, 3.05) is 26.8 Å². The summed E-state index contributed by atoms with van der Waals surface area (Å²) in [5, 5.41) is 3.94. The predicted octanol–water partition coefficient (Wildman–Crippen LogP) is 0.567. The van der Waals surface area contributed by atoms with Crippen LogP contribution in [0.15, 0.2) is 4.52 Å². The Morgan fingerprint density at radius 2 is 2.37 bits per heavy atom. The highest BCUT2D eigenvalue weighted by Crippen LogP contribution is 2.13. The topological polar surface area (TPSA) is 77.7 Å². The molecule has 0 N–H and O–H groups in total. The zero-order valence-electron chi connectivity index (χ0n) is 11.5. The van der Waals surface area contributed by atoms with Crippen molar-refractivity contribution in [2.45, 2.75) is 32.4 Å². The van der Waals surface area contributed by atoms with Crippen LogP contribution in [0.4, 0.5) is 0 Å². The molecule has 7 heteroatoms. The second-order valence-corrected chi connectivity index (χ2v) is 4.82. The first-order valence-electron chi connectivity index (χ1n) is 6.34. The Kier molecular flexibility index (Phi) is 4.49. The van der Waals surface area contributed by atoms with E-state index in [1.165, 1.54) is 7.11 Å². The number of morpholine rings is 1. The van der Waals surface area contributed by atoms with Gasteiger partial charge < -0.3 is 14.0 Å². The zero-order chi connectivity index (χ0) is 13.8. The first-order valence-corrected chi connectivity index (χ1v) is 6.34. The van der Waals surface area contributed by atoms with Crippen LogP contribution >= 0.6 is 0 Å². The average molecular weight is 269 g/mol.